The van der Waals surface area contributed by atoms with Gasteiger partial charge in [0.1, 0.15) is 5.75 Å². The molecule has 140 valence electrons. The van der Waals surface area contributed by atoms with Crippen LogP contribution < -0.4 is 15.6 Å². The Morgan fingerprint density at radius 1 is 1.22 bits per heavy atom. The Bertz CT molecular complexity index is 1010. The van der Waals surface area contributed by atoms with Crippen LogP contribution in [0, 0.1) is 0 Å². The van der Waals surface area contributed by atoms with E-state index in [4.69, 9.17) is 16.3 Å². The molecule has 0 spiro atoms. The van der Waals surface area contributed by atoms with Gasteiger partial charge in [-0.2, -0.15) is 0 Å². The minimum absolute atomic E-state index is 0.131. The predicted molar refractivity (Wildman–Crippen MR) is 112 cm³/mol. The zero-order valence-electron chi connectivity index (χ0n) is 14.6. The summed E-state index contributed by atoms with van der Waals surface area (Å²) in [4.78, 5) is 12.6. The van der Waals surface area contributed by atoms with E-state index in [0.29, 0.717) is 27.4 Å². The number of nitrogens with zero attached hydrogens (tertiary/aromatic N) is 3. The zero-order valence-corrected chi connectivity index (χ0v) is 17.7. The smallest absolute Gasteiger partial charge is 0.297 e. The molecular formula is C18H16BrClN4O2S. The Morgan fingerprint density at radius 2 is 1.96 bits per heavy atom. The molecule has 0 radical (unpaired) electrons. The van der Waals surface area contributed by atoms with Crippen LogP contribution in [0.5, 0.6) is 5.75 Å². The summed E-state index contributed by atoms with van der Waals surface area (Å²) in [6.07, 6.45) is 0. The van der Waals surface area contributed by atoms with Gasteiger partial charge in [0.2, 0.25) is 5.82 Å². The van der Waals surface area contributed by atoms with E-state index in [0.717, 1.165) is 10.0 Å². The highest BCUT2D eigenvalue weighted by Crippen LogP contribution is 2.28. The molecule has 0 saturated carbocycles. The molecule has 9 heteroatoms. The maximum atomic E-state index is 12.6. The minimum Gasteiger partial charge on any atom is -0.495 e. The molecule has 0 aliphatic carbocycles. The van der Waals surface area contributed by atoms with Crippen LogP contribution in [0.4, 0.5) is 11.5 Å². The van der Waals surface area contributed by atoms with Crippen LogP contribution in [-0.4, -0.2) is 21.9 Å². The molecule has 3 rings (SSSR count). The molecule has 0 saturated heterocycles. The van der Waals surface area contributed by atoms with Crippen molar-refractivity contribution in [2.75, 3.05) is 12.4 Å². The molecule has 0 fully saturated rings. The monoisotopic (exact) mass is 466 g/mol. The van der Waals surface area contributed by atoms with Crippen LogP contribution >= 0.6 is 39.3 Å². The standard InChI is InChI=1S/C18H16BrClN4O2S/c1-24-17(25)16(21-13-7-8-15(26-2)14(20)9-13)22-23-18(24)27-10-11-3-5-12(19)6-4-11/h3-9H,10H2,1-2H3,(H,21,22). The van der Waals surface area contributed by atoms with Crippen molar-refractivity contribution in [2.45, 2.75) is 10.9 Å². The average molecular weight is 468 g/mol. The second-order valence-corrected chi connectivity index (χ2v) is 7.85. The highest BCUT2D eigenvalue weighted by Gasteiger charge is 2.11. The van der Waals surface area contributed by atoms with E-state index in [1.807, 2.05) is 24.3 Å². The first-order valence-corrected chi connectivity index (χ1v) is 10.0. The van der Waals surface area contributed by atoms with Gasteiger partial charge in [-0.3, -0.25) is 9.36 Å². The first-order valence-electron chi connectivity index (χ1n) is 7.89. The maximum Gasteiger partial charge on any atom is 0.297 e. The molecule has 3 aromatic rings. The summed E-state index contributed by atoms with van der Waals surface area (Å²) < 4.78 is 7.62. The normalized spacial score (nSPS) is 10.7. The van der Waals surface area contributed by atoms with Crippen molar-refractivity contribution in [1.29, 1.82) is 0 Å². The Kier molecular flexibility index (Phi) is 6.41. The van der Waals surface area contributed by atoms with Crippen molar-refractivity contribution in [3.05, 3.63) is 67.9 Å². The fourth-order valence-corrected chi connectivity index (χ4v) is 3.65. The molecule has 0 amide bonds. The van der Waals surface area contributed by atoms with Crippen LogP contribution in [0.15, 0.2) is 56.9 Å². The number of hydrogen-bond acceptors (Lipinski definition) is 6. The van der Waals surface area contributed by atoms with Gasteiger partial charge in [0.05, 0.1) is 12.1 Å². The van der Waals surface area contributed by atoms with Gasteiger partial charge in [0.15, 0.2) is 5.16 Å². The largest absolute Gasteiger partial charge is 0.495 e. The second-order valence-electron chi connectivity index (χ2n) is 5.58. The van der Waals surface area contributed by atoms with Gasteiger partial charge in [-0.05, 0) is 35.9 Å². The van der Waals surface area contributed by atoms with Gasteiger partial charge >= 0.3 is 0 Å². The molecule has 6 nitrogen and oxygen atoms in total. The molecule has 0 bridgehead atoms. The van der Waals surface area contributed by atoms with E-state index in [1.54, 1.807) is 32.4 Å². The number of thioether (sulfide) groups is 1. The summed E-state index contributed by atoms with van der Waals surface area (Å²) in [7, 11) is 3.22. The van der Waals surface area contributed by atoms with Gasteiger partial charge in [0, 0.05) is 23.0 Å². The van der Waals surface area contributed by atoms with Crippen LogP contribution in [0.25, 0.3) is 0 Å². The highest BCUT2D eigenvalue weighted by atomic mass is 79.9. The lowest BCUT2D eigenvalue weighted by molar-refractivity contribution is 0.415. The highest BCUT2D eigenvalue weighted by molar-refractivity contribution is 9.10. The van der Waals surface area contributed by atoms with Crippen molar-refractivity contribution >= 4 is 50.8 Å². The number of hydrogen-bond donors (Lipinski definition) is 1. The quantitative estimate of drug-likeness (QED) is 0.533. The number of nitrogens with one attached hydrogen (secondary N) is 1. The van der Waals surface area contributed by atoms with E-state index in [2.05, 4.69) is 31.4 Å². The summed E-state index contributed by atoms with van der Waals surface area (Å²) in [5.41, 5.74) is 1.49. The second kappa shape index (κ2) is 8.77. The molecular weight excluding hydrogens is 452 g/mol. The van der Waals surface area contributed by atoms with E-state index in [-0.39, 0.29) is 11.4 Å². The molecule has 0 atom stereocenters. The SMILES string of the molecule is COc1ccc(Nc2nnc(SCc3ccc(Br)cc3)n(C)c2=O)cc1Cl. The van der Waals surface area contributed by atoms with E-state index in [1.165, 1.54) is 16.3 Å². The molecule has 0 aliphatic rings. The third-order valence-electron chi connectivity index (χ3n) is 3.73. The maximum absolute atomic E-state index is 12.6. The summed E-state index contributed by atoms with van der Waals surface area (Å²) >= 11 is 11.0. The number of aromatic nitrogens is 3. The van der Waals surface area contributed by atoms with Crippen molar-refractivity contribution in [3.63, 3.8) is 0 Å². The summed E-state index contributed by atoms with van der Waals surface area (Å²) in [6, 6.07) is 13.1. The Hall–Kier alpha value is -2.03. The van der Waals surface area contributed by atoms with E-state index >= 15 is 0 Å². The van der Waals surface area contributed by atoms with Gasteiger partial charge < -0.3 is 10.1 Å². The predicted octanol–water partition coefficient (Wildman–Crippen LogP) is 4.64. The van der Waals surface area contributed by atoms with Gasteiger partial charge in [0.25, 0.3) is 5.56 Å². The zero-order chi connectivity index (χ0) is 19.4. The van der Waals surface area contributed by atoms with E-state index in [9.17, 15) is 4.79 Å². The summed E-state index contributed by atoms with van der Waals surface area (Å²) in [5.74, 6) is 1.38. The first kappa shape index (κ1) is 19.7. The minimum atomic E-state index is -0.268. The molecule has 0 aliphatic heterocycles. The molecule has 1 N–H and O–H groups in total. The third-order valence-corrected chi connectivity index (χ3v) is 5.64. The average Bonchev–Trinajstić information content (AvgIpc) is 2.66. The third kappa shape index (κ3) is 4.82. The Morgan fingerprint density at radius 3 is 2.63 bits per heavy atom. The topological polar surface area (TPSA) is 69.0 Å². The van der Waals surface area contributed by atoms with E-state index < -0.39 is 0 Å². The van der Waals surface area contributed by atoms with Gasteiger partial charge in [-0.1, -0.05) is 51.4 Å². The fraction of sp³-hybridized carbons (Fsp3) is 0.167. The van der Waals surface area contributed by atoms with Gasteiger partial charge in [-0.15, -0.1) is 10.2 Å². The molecule has 0 unspecified atom stereocenters. The van der Waals surface area contributed by atoms with Crippen LogP contribution in [0.1, 0.15) is 5.56 Å². The Balaban J connectivity index is 1.75. The number of halogens is 2. The van der Waals surface area contributed by atoms with Gasteiger partial charge in [-0.25, -0.2) is 0 Å². The number of methoxy groups -OCH3 is 1. The number of rotatable bonds is 6. The lowest BCUT2D eigenvalue weighted by Gasteiger charge is -2.10. The number of benzene rings is 2. The summed E-state index contributed by atoms with van der Waals surface area (Å²) in [5, 5.41) is 12.1. The van der Waals surface area contributed by atoms with Crippen molar-refractivity contribution in [3.8, 4) is 5.75 Å². The molecule has 27 heavy (non-hydrogen) atoms. The summed E-state index contributed by atoms with van der Waals surface area (Å²) in [6.45, 7) is 0. The van der Waals surface area contributed by atoms with Crippen molar-refractivity contribution < 1.29 is 4.74 Å². The molecule has 1 aromatic heterocycles. The van der Waals surface area contributed by atoms with Crippen LogP contribution in [0.2, 0.25) is 5.02 Å². The van der Waals surface area contributed by atoms with Crippen LogP contribution in [0.3, 0.4) is 0 Å². The Labute approximate surface area is 174 Å². The van der Waals surface area contributed by atoms with Crippen molar-refractivity contribution in [2.24, 2.45) is 7.05 Å². The molecule has 2 aromatic carbocycles. The lowest BCUT2D eigenvalue weighted by atomic mass is 10.2. The first-order chi connectivity index (χ1) is 13.0. The fourth-order valence-electron chi connectivity index (χ4n) is 2.26. The number of anilines is 2. The number of ether oxygens (including phenoxy) is 1. The molecule has 1 heterocycles. The lowest BCUT2D eigenvalue weighted by Crippen LogP contribution is -2.24. The van der Waals surface area contributed by atoms with Crippen LogP contribution in [-0.2, 0) is 12.8 Å². The van der Waals surface area contributed by atoms with Crippen molar-refractivity contribution in [1.82, 2.24) is 14.8 Å².